The number of nitrogens with one attached hydrogen (secondary N) is 1. The van der Waals surface area contributed by atoms with Gasteiger partial charge in [0, 0.05) is 21.8 Å². The van der Waals surface area contributed by atoms with Gasteiger partial charge >= 0.3 is 0 Å². The number of ether oxygens (including phenoxy) is 2. The van der Waals surface area contributed by atoms with Crippen molar-refractivity contribution in [2.24, 2.45) is 0 Å². The molecule has 0 atom stereocenters. The van der Waals surface area contributed by atoms with E-state index in [2.05, 4.69) is 17.4 Å². The second-order valence-electron chi connectivity index (χ2n) is 7.42. The van der Waals surface area contributed by atoms with Gasteiger partial charge in [-0.05, 0) is 72.6 Å². The van der Waals surface area contributed by atoms with Crippen molar-refractivity contribution in [3.05, 3.63) is 101 Å². The number of carbonyl (C=O) groups is 1. The monoisotopic (exact) mass is 445 g/mol. The largest absolute Gasteiger partial charge is 0.493 e. The van der Waals surface area contributed by atoms with Crippen LogP contribution < -0.4 is 14.8 Å². The van der Waals surface area contributed by atoms with Crippen molar-refractivity contribution in [1.82, 2.24) is 0 Å². The van der Waals surface area contributed by atoms with Crippen molar-refractivity contribution in [2.45, 2.75) is 20.5 Å². The minimum Gasteiger partial charge on any atom is -0.493 e. The first-order chi connectivity index (χ1) is 15.5. The van der Waals surface area contributed by atoms with Crippen LogP contribution in [0, 0.1) is 6.92 Å². The van der Waals surface area contributed by atoms with Crippen LogP contribution in [0.15, 0.2) is 78.9 Å². The molecule has 4 aromatic carbocycles. The quantitative estimate of drug-likeness (QED) is 0.332. The minimum atomic E-state index is -0.217. The number of hydrogen-bond acceptors (Lipinski definition) is 3. The van der Waals surface area contributed by atoms with E-state index < -0.39 is 0 Å². The van der Waals surface area contributed by atoms with Crippen LogP contribution in [0.4, 0.5) is 5.69 Å². The van der Waals surface area contributed by atoms with Crippen molar-refractivity contribution in [3.8, 4) is 11.5 Å². The van der Waals surface area contributed by atoms with E-state index in [-0.39, 0.29) is 12.5 Å². The first-order valence-corrected chi connectivity index (χ1v) is 10.9. The summed E-state index contributed by atoms with van der Waals surface area (Å²) < 4.78 is 11.8. The Hall–Kier alpha value is -3.50. The molecule has 0 aliphatic heterocycles. The summed E-state index contributed by atoms with van der Waals surface area (Å²) >= 11 is 6.18. The highest BCUT2D eigenvalue weighted by Gasteiger charge is 2.13. The average Bonchev–Trinajstić information content (AvgIpc) is 2.81. The summed E-state index contributed by atoms with van der Waals surface area (Å²) in [6, 6.07) is 24.9. The second-order valence-corrected chi connectivity index (χ2v) is 7.83. The molecule has 1 N–H and O–H groups in total. The van der Waals surface area contributed by atoms with E-state index in [4.69, 9.17) is 21.1 Å². The van der Waals surface area contributed by atoms with Crippen LogP contribution in [0.3, 0.4) is 0 Å². The highest BCUT2D eigenvalue weighted by Crippen LogP contribution is 2.27. The van der Waals surface area contributed by atoms with Crippen LogP contribution >= 0.6 is 11.6 Å². The van der Waals surface area contributed by atoms with Crippen molar-refractivity contribution < 1.29 is 14.3 Å². The summed E-state index contributed by atoms with van der Waals surface area (Å²) in [5, 5.41) is 5.81. The van der Waals surface area contributed by atoms with Gasteiger partial charge in [0.15, 0.2) is 0 Å². The van der Waals surface area contributed by atoms with Crippen LogP contribution in [0.5, 0.6) is 11.5 Å². The van der Waals surface area contributed by atoms with Gasteiger partial charge in [-0.2, -0.15) is 0 Å². The number of hydrogen-bond donors (Lipinski definition) is 1. The molecule has 0 bridgehead atoms. The zero-order valence-corrected chi connectivity index (χ0v) is 18.8. The molecule has 0 radical (unpaired) electrons. The molecule has 0 fully saturated rings. The summed E-state index contributed by atoms with van der Waals surface area (Å²) in [5.41, 5.74) is 2.83. The Balaban J connectivity index is 1.55. The minimum absolute atomic E-state index is 0.217. The molecule has 0 saturated carbocycles. The van der Waals surface area contributed by atoms with Gasteiger partial charge in [-0.25, -0.2) is 0 Å². The first-order valence-electron chi connectivity index (χ1n) is 10.5. The molecule has 0 aliphatic carbocycles. The maximum Gasteiger partial charge on any atom is 0.255 e. The van der Waals surface area contributed by atoms with E-state index >= 15 is 0 Å². The van der Waals surface area contributed by atoms with Gasteiger partial charge in [0.25, 0.3) is 5.91 Å². The number of amides is 1. The van der Waals surface area contributed by atoms with Crippen LogP contribution in [-0.4, -0.2) is 12.5 Å². The molecule has 32 heavy (non-hydrogen) atoms. The standard InChI is InChI=1S/C27H24ClNO3/c1-3-31-26-14-12-21(27(30)29-25-10-6-9-24(28)18(25)2)15-22(26)17-32-23-13-11-19-7-4-5-8-20(19)16-23/h4-16H,3,17H2,1-2H3,(H,29,30). The number of fused-ring (bicyclic) bond motifs is 1. The lowest BCUT2D eigenvalue weighted by Gasteiger charge is -2.14. The van der Waals surface area contributed by atoms with E-state index in [1.165, 1.54) is 0 Å². The molecule has 0 unspecified atom stereocenters. The Morgan fingerprint density at radius 3 is 2.53 bits per heavy atom. The number of carbonyl (C=O) groups excluding carboxylic acids is 1. The molecule has 162 valence electrons. The molecule has 0 aromatic heterocycles. The highest BCUT2D eigenvalue weighted by molar-refractivity contribution is 6.31. The van der Waals surface area contributed by atoms with Crippen LogP contribution in [0.2, 0.25) is 5.02 Å². The number of benzene rings is 4. The van der Waals surface area contributed by atoms with E-state index in [9.17, 15) is 4.79 Å². The molecular formula is C27H24ClNO3. The topological polar surface area (TPSA) is 47.6 Å². The van der Waals surface area contributed by atoms with E-state index in [0.717, 1.165) is 27.6 Å². The average molecular weight is 446 g/mol. The smallest absolute Gasteiger partial charge is 0.255 e. The van der Waals surface area contributed by atoms with E-state index in [0.29, 0.717) is 28.6 Å². The lowest BCUT2D eigenvalue weighted by atomic mass is 10.1. The van der Waals surface area contributed by atoms with Gasteiger partial charge in [-0.3, -0.25) is 4.79 Å². The Labute approximate surface area is 192 Å². The lowest BCUT2D eigenvalue weighted by Crippen LogP contribution is -2.14. The van der Waals surface area contributed by atoms with Crippen molar-refractivity contribution in [2.75, 3.05) is 11.9 Å². The molecule has 0 heterocycles. The van der Waals surface area contributed by atoms with Gasteiger partial charge < -0.3 is 14.8 Å². The van der Waals surface area contributed by atoms with Gasteiger partial charge in [0.2, 0.25) is 0 Å². The maximum atomic E-state index is 12.9. The summed E-state index contributed by atoms with van der Waals surface area (Å²) in [6.45, 7) is 4.61. The predicted octanol–water partition coefficient (Wildman–Crippen LogP) is 7.03. The third-order valence-corrected chi connectivity index (χ3v) is 5.66. The molecule has 1 amide bonds. The number of halogens is 1. The van der Waals surface area contributed by atoms with Gasteiger partial charge in [-0.15, -0.1) is 0 Å². The molecule has 4 nitrogen and oxygen atoms in total. The van der Waals surface area contributed by atoms with Crippen molar-refractivity contribution >= 4 is 34.0 Å². The van der Waals surface area contributed by atoms with Gasteiger partial charge in [0.05, 0.1) is 6.61 Å². The molecule has 0 saturated heterocycles. The van der Waals surface area contributed by atoms with Crippen LogP contribution in [-0.2, 0) is 6.61 Å². The molecule has 0 aliphatic rings. The fourth-order valence-electron chi connectivity index (χ4n) is 3.49. The number of rotatable bonds is 7. The second kappa shape index (κ2) is 9.75. The van der Waals surface area contributed by atoms with Crippen LogP contribution in [0.25, 0.3) is 10.8 Å². The SMILES string of the molecule is CCOc1ccc(C(=O)Nc2cccc(Cl)c2C)cc1COc1ccc2ccccc2c1. The Kier molecular flexibility index (Phi) is 6.62. The molecule has 5 heteroatoms. The van der Waals surface area contributed by atoms with E-state index in [1.807, 2.05) is 62.4 Å². The van der Waals surface area contributed by atoms with Gasteiger partial charge in [-0.1, -0.05) is 48.0 Å². The zero-order chi connectivity index (χ0) is 22.5. The van der Waals surface area contributed by atoms with Crippen molar-refractivity contribution in [1.29, 1.82) is 0 Å². The third-order valence-electron chi connectivity index (χ3n) is 5.25. The Morgan fingerprint density at radius 2 is 1.72 bits per heavy atom. The maximum absolute atomic E-state index is 12.9. The molecular weight excluding hydrogens is 422 g/mol. The Bertz CT molecular complexity index is 1270. The lowest BCUT2D eigenvalue weighted by molar-refractivity contribution is 0.102. The van der Waals surface area contributed by atoms with E-state index in [1.54, 1.807) is 18.2 Å². The van der Waals surface area contributed by atoms with Gasteiger partial charge in [0.1, 0.15) is 18.1 Å². The summed E-state index contributed by atoms with van der Waals surface area (Å²) in [5.74, 6) is 1.24. The fraction of sp³-hybridized carbons (Fsp3) is 0.148. The predicted molar refractivity (Wildman–Crippen MR) is 130 cm³/mol. The summed E-state index contributed by atoms with van der Waals surface area (Å²) in [6.07, 6.45) is 0. The molecule has 4 aromatic rings. The number of anilines is 1. The van der Waals surface area contributed by atoms with Crippen molar-refractivity contribution in [3.63, 3.8) is 0 Å². The third kappa shape index (κ3) is 4.87. The fourth-order valence-corrected chi connectivity index (χ4v) is 3.66. The van der Waals surface area contributed by atoms with Crippen LogP contribution in [0.1, 0.15) is 28.4 Å². The molecule has 4 rings (SSSR count). The Morgan fingerprint density at radius 1 is 0.906 bits per heavy atom. The summed E-state index contributed by atoms with van der Waals surface area (Å²) in [4.78, 5) is 12.9. The zero-order valence-electron chi connectivity index (χ0n) is 18.0. The summed E-state index contributed by atoms with van der Waals surface area (Å²) in [7, 11) is 0. The molecule has 0 spiro atoms. The normalized spacial score (nSPS) is 10.7. The highest BCUT2D eigenvalue weighted by atomic mass is 35.5. The first kappa shape index (κ1) is 21.7.